The van der Waals surface area contributed by atoms with Crippen molar-refractivity contribution in [1.29, 1.82) is 0 Å². The Labute approximate surface area is 121 Å². The zero-order valence-corrected chi connectivity index (χ0v) is 12.5. The van der Waals surface area contributed by atoms with Crippen LogP contribution >= 0.6 is 0 Å². The summed E-state index contributed by atoms with van der Waals surface area (Å²) in [7, 11) is 0. The Hall–Kier alpha value is -1.06. The molecule has 2 fully saturated rings. The van der Waals surface area contributed by atoms with Crippen LogP contribution in [0.25, 0.3) is 0 Å². The highest BCUT2D eigenvalue weighted by molar-refractivity contribution is 5.85. The van der Waals surface area contributed by atoms with E-state index in [1.165, 1.54) is 19.3 Å². The molecule has 1 aliphatic heterocycles. The van der Waals surface area contributed by atoms with E-state index in [9.17, 15) is 14.7 Å². The Morgan fingerprint density at radius 1 is 1.00 bits per heavy atom. The van der Waals surface area contributed by atoms with Crippen molar-refractivity contribution in [3.63, 3.8) is 0 Å². The van der Waals surface area contributed by atoms with Crippen LogP contribution in [0.4, 0.5) is 0 Å². The molecule has 0 aromatic rings. The van der Waals surface area contributed by atoms with Crippen LogP contribution in [0.3, 0.4) is 0 Å². The van der Waals surface area contributed by atoms with Crippen molar-refractivity contribution < 1.29 is 14.7 Å². The number of carbonyl (C=O) groups is 2. The maximum absolute atomic E-state index is 12.7. The number of amides is 1. The van der Waals surface area contributed by atoms with Gasteiger partial charge in [0.15, 0.2) is 0 Å². The van der Waals surface area contributed by atoms with Gasteiger partial charge in [0.1, 0.15) is 0 Å². The molecule has 4 nitrogen and oxygen atoms in total. The topological polar surface area (TPSA) is 57.6 Å². The number of carboxylic acid groups (broad SMARTS) is 1. The molecule has 0 bridgehead atoms. The van der Waals surface area contributed by atoms with Crippen LogP contribution in [0, 0.1) is 17.8 Å². The van der Waals surface area contributed by atoms with Gasteiger partial charge in [0.25, 0.3) is 0 Å². The molecule has 1 amide bonds. The minimum absolute atomic E-state index is 0.107. The fourth-order valence-electron chi connectivity index (χ4n) is 3.72. The third kappa shape index (κ3) is 3.53. The molecule has 20 heavy (non-hydrogen) atoms. The first kappa shape index (κ1) is 15.3. The molecular weight excluding hydrogens is 254 g/mol. The van der Waals surface area contributed by atoms with Crippen molar-refractivity contribution in [3.05, 3.63) is 0 Å². The molecule has 1 saturated heterocycles. The van der Waals surface area contributed by atoms with Crippen LogP contribution in [-0.4, -0.2) is 35.0 Å². The van der Waals surface area contributed by atoms with Gasteiger partial charge in [-0.05, 0) is 31.6 Å². The summed E-state index contributed by atoms with van der Waals surface area (Å²) in [5, 5.41) is 9.37. The number of carboxylic acids is 1. The van der Waals surface area contributed by atoms with E-state index in [1.807, 2.05) is 4.90 Å². The molecule has 0 aromatic heterocycles. The molecule has 3 unspecified atom stereocenters. The maximum atomic E-state index is 12.7. The molecule has 1 heterocycles. The van der Waals surface area contributed by atoms with E-state index in [1.54, 1.807) is 0 Å². The second-order valence-electron chi connectivity index (χ2n) is 6.39. The van der Waals surface area contributed by atoms with Crippen LogP contribution < -0.4 is 0 Å². The first-order valence-corrected chi connectivity index (χ1v) is 8.15. The summed E-state index contributed by atoms with van der Waals surface area (Å²) in [6, 6.07) is 0. The van der Waals surface area contributed by atoms with Gasteiger partial charge in [0, 0.05) is 13.1 Å². The number of nitrogens with zero attached hydrogens (tertiary/aromatic N) is 1. The number of likely N-dealkylation sites (tertiary alicyclic amines) is 1. The van der Waals surface area contributed by atoms with Crippen LogP contribution in [0.5, 0.6) is 0 Å². The molecule has 0 aromatic carbocycles. The van der Waals surface area contributed by atoms with E-state index >= 15 is 0 Å². The Morgan fingerprint density at radius 2 is 1.55 bits per heavy atom. The lowest BCUT2D eigenvalue weighted by Gasteiger charge is -2.28. The number of hydrogen-bond donors (Lipinski definition) is 1. The first-order chi connectivity index (χ1) is 9.63. The summed E-state index contributed by atoms with van der Waals surface area (Å²) in [4.78, 5) is 26.1. The van der Waals surface area contributed by atoms with Crippen LogP contribution in [-0.2, 0) is 9.59 Å². The molecule has 1 saturated carbocycles. The van der Waals surface area contributed by atoms with E-state index in [4.69, 9.17) is 0 Å². The smallest absolute Gasteiger partial charge is 0.307 e. The summed E-state index contributed by atoms with van der Waals surface area (Å²) < 4.78 is 0. The van der Waals surface area contributed by atoms with Crippen molar-refractivity contribution >= 4 is 11.9 Å². The van der Waals surface area contributed by atoms with E-state index in [0.717, 1.165) is 38.8 Å². The second kappa shape index (κ2) is 7.09. The third-order valence-corrected chi connectivity index (χ3v) is 5.04. The van der Waals surface area contributed by atoms with Gasteiger partial charge in [-0.15, -0.1) is 0 Å². The Balaban J connectivity index is 2.03. The summed E-state index contributed by atoms with van der Waals surface area (Å²) >= 11 is 0. The lowest BCUT2D eigenvalue weighted by Crippen LogP contribution is -2.40. The van der Waals surface area contributed by atoms with Gasteiger partial charge in [0.05, 0.1) is 11.8 Å². The highest BCUT2D eigenvalue weighted by Crippen LogP contribution is 2.39. The summed E-state index contributed by atoms with van der Waals surface area (Å²) in [5.74, 6) is -1.02. The quantitative estimate of drug-likeness (QED) is 0.865. The summed E-state index contributed by atoms with van der Waals surface area (Å²) in [6.45, 7) is 3.73. The van der Waals surface area contributed by atoms with Gasteiger partial charge in [-0.2, -0.15) is 0 Å². The van der Waals surface area contributed by atoms with Gasteiger partial charge in [-0.25, -0.2) is 0 Å². The molecule has 2 rings (SSSR count). The fourth-order valence-corrected chi connectivity index (χ4v) is 3.72. The van der Waals surface area contributed by atoms with Crippen LogP contribution in [0.2, 0.25) is 0 Å². The molecule has 114 valence electrons. The molecule has 1 N–H and O–H groups in total. The van der Waals surface area contributed by atoms with Gasteiger partial charge < -0.3 is 10.0 Å². The van der Waals surface area contributed by atoms with Gasteiger partial charge >= 0.3 is 5.97 Å². The first-order valence-electron chi connectivity index (χ1n) is 8.15. The lowest BCUT2D eigenvalue weighted by atomic mass is 9.94. The maximum Gasteiger partial charge on any atom is 0.307 e. The van der Waals surface area contributed by atoms with E-state index < -0.39 is 11.9 Å². The predicted molar refractivity (Wildman–Crippen MR) is 77.3 cm³/mol. The molecular formula is C16H27NO3. The van der Waals surface area contributed by atoms with Gasteiger partial charge in [-0.1, -0.05) is 32.6 Å². The number of rotatable bonds is 3. The largest absolute Gasteiger partial charge is 0.481 e. The predicted octanol–water partition coefficient (Wildman–Crippen LogP) is 2.92. The number of aliphatic carboxylic acids is 1. The van der Waals surface area contributed by atoms with Crippen LogP contribution in [0.1, 0.15) is 58.3 Å². The van der Waals surface area contributed by atoms with Crippen molar-refractivity contribution in [2.75, 3.05) is 13.1 Å². The molecule has 3 atom stereocenters. The van der Waals surface area contributed by atoms with Gasteiger partial charge in [-0.3, -0.25) is 9.59 Å². The van der Waals surface area contributed by atoms with Crippen molar-refractivity contribution in [2.24, 2.45) is 17.8 Å². The SMILES string of the molecule is CCC1CC(C(=O)O)C(C(=O)N2CCCCCCC2)C1. The molecule has 0 radical (unpaired) electrons. The Kier molecular flexibility index (Phi) is 5.44. The average Bonchev–Trinajstić information content (AvgIpc) is 2.82. The van der Waals surface area contributed by atoms with Crippen molar-refractivity contribution in [1.82, 2.24) is 4.90 Å². The molecule has 1 aliphatic carbocycles. The lowest BCUT2D eigenvalue weighted by molar-refractivity contribution is -0.149. The third-order valence-electron chi connectivity index (χ3n) is 5.04. The Bertz CT molecular complexity index is 348. The molecule has 0 spiro atoms. The van der Waals surface area contributed by atoms with E-state index in [-0.39, 0.29) is 11.8 Å². The van der Waals surface area contributed by atoms with Crippen molar-refractivity contribution in [3.8, 4) is 0 Å². The van der Waals surface area contributed by atoms with E-state index in [0.29, 0.717) is 12.3 Å². The minimum atomic E-state index is -0.786. The average molecular weight is 281 g/mol. The summed E-state index contributed by atoms with van der Waals surface area (Å²) in [5.41, 5.74) is 0. The molecule has 4 heteroatoms. The minimum Gasteiger partial charge on any atom is -0.481 e. The Morgan fingerprint density at radius 3 is 2.10 bits per heavy atom. The summed E-state index contributed by atoms with van der Waals surface area (Å²) in [6.07, 6.45) is 8.19. The standard InChI is InChI=1S/C16H27NO3/c1-2-12-10-13(14(11-12)16(19)20)15(18)17-8-6-4-3-5-7-9-17/h12-14H,2-11H2,1H3,(H,19,20). The zero-order chi connectivity index (χ0) is 14.5. The highest BCUT2D eigenvalue weighted by atomic mass is 16.4. The van der Waals surface area contributed by atoms with Crippen LogP contribution in [0.15, 0.2) is 0 Å². The number of carbonyl (C=O) groups excluding carboxylic acids is 1. The molecule has 2 aliphatic rings. The number of hydrogen-bond acceptors (Lipinski definition) is 2. The highest BCUT2D eigenvalue weighted by Gasteiger charge is 2.43. The zero-order valence-electron chi connectivity index (χ0n) is 12.5. The van der Waals surface area contributed by atoms with Crippen molar-refractivity contribution in [2.45, 2.75) is 58.3 Å². The fraction of sp³-hybridized carbons (Fsp3) is 0.875. The normalized spacial score (nSPS) is 31.6. The van der Waals surface area contributed by atoms with Gasteiger partial charge in [0.2, 0.25) is 5.91 Å². The monoisotopic (exact) mass is 281 g/mol. The van der Waals surface area contributed by atoms with E-state index in [2.05, 4.69) is 6.92 Å². The second-order valence-corrected chi connectivity index (χ2v) is 6.39.